The van der Waals surface area contributed by atoms with Gasteiger partial charge in [0.2, 0.25) is 0 Å². The quantitative estimate of drug-likeness (QED) is 0.903. The number of thioether (sulfide) groups is 1. The lowest BCUT2D eigenvalue weighted by molar-refractivity contribution is 0.390. The van der Waals surface area contributed by atoms with Gasteiger partial charge < -0.3 is 10.6 Å². The summed E-state index contributed by atoms with van der Waals surface area (Å²) < 4.78 is 2.11. The van der Waals surface area contributed by atoms with Crippen LogP contribution >= 0.6 is 11.8 Å². The van der Waals surface area contributed by atoms with Crippen molar-refractivity contribution in [1.29, 1.82) is 0 Å². The van der Waals surface area contributed by atoms with Crippen molar-refractivity contribution < 1.29 is 0 Å². The highest BCUT2D eigenvalue weighted by Crippen LogP contribution is 2.43. The second kappa shape index (κ2) is 6.27. The Balaban J connectivity index is 1.60. The Morgan fingerprint density at radius 1 is 1.12 bits per heavy atom. The van der Waals surface area contributed by atoms with Gasteiger partial charge in [0.05, 0.1) is 5.69 Å². The minimum absolute atomic E-state index is 0.420. The minimum atomic E-state index is 0.420. The molecule has 2 N–H and O–H groups in total. The molecule has 2 aromatic rings. The molecule has 0 aromatic carbocycles. The topological polar surface area (TPSA) is 72.9 Å². The molecule has 1 saturated carbocycles. The van der Waals surface area contributed by atoms with Crippen molar-refractivity contribution in [3.05, 3.63) is 24.2 Å². The monoisotopic (exact) mass is 344 g/mol. The van der Waals surface area contributed by atoms with E-state index in [0.29, 0.717) is 10.6 Å². The number of nitrogens with two attached hydrogens (primary N) is 1. The lowest BCUT2D eigenvalue weighted by Crippen LogP contribution is -2.48. The van der Waals surface area contributed by atoms with E-state index in [9.17, 15) is 0 Å². The normalized spacial score (nSPS) is 20.5. The van der Waals surface area contributed by atoms with Crippen LogP contribution in [0.5, 0.6) is 0 Å². The maximum Gasteiger partial charge on any atom is 0.161 e. The maximum absolute atomic E-state index is 6.04. The zero-order valence-corrected chi connectivity index (χ0v) is 14.9. The summed E-state index contributed by atoms with van der Waals surface area (Å²) in [7, 11) is 0. The van der Waals surface area contributed by atoms with Gasteiger partial charge in [-0.15, -0.1) is 0 Å². The van der Waals surface area contributed by atoms with Crippen molar-refractivity contribution in [2.75, 3.05) is 29.5 Å². The number of hydrogen-bond acceptors (Lipinski definition) is 6. The Hall–Kier alpha value is -1.76. The first-order valence-electron chi connectivity index (χ1n) is 8.69. The summed E-state index contributed by atoms with van der Waals surface area (Å²) in [4.78, 5) is 11.3. The Kier molecular flexibility index (Phi) is 4.12. The number of aromatic nitrogens is 4. The molecular formula is C17H24N6S. The summed E-state index contributed by atoms with van der Waals surface area (Å²) in [5.74, 6) is 3.50. The zero-order chi connectivity index (χ0) is 16.6. The van der Waals surface area contributed by atoms with Gasteiger partial charge in [0.15, 0.2) is 5.82 Å². The van der Waals surface area contributed by atoms with Crippen LogP contribution in [0.1, 0.15) is 37.8 Å². The van der Waals surface area contributed by atoms with Gasteiger partial charge >= 0.3 is 0 Å². The Labute approximate surface area is 146 Å². The van der Waals surface area contributed by atoms with Crippen molar-refractivity contribution in [3.8, 4) is 5.82 Å². The van der Waals surface area contributed by atoms with Crippen LogP contribution in [0.4, 0.5) is 11.6 Å². The van der Waals surface area contributed by atoms with Crippen LogP contribution in [0, 0.1) is 6.92 Å². The van der Waals surface area contributed by atoms with Crippen LogP contribution < -0.4 is 10.6 Å². The molecule has 1 aliphatic heterocycles. The fraction of sp³-hybridized carbons (Fsp3) is 0.588. The third-order valence-corrected chi connectivity index (χ3v) is 6.59. The molecule has 0 unspecified atom stereocenters. The smallest absolute Gasteiger partial charge is 0.161 e. The Morgan fingerprint density at radius 2 is 1.92 bits per heavy atom. The molecule has 6 nitrogen and oxygen atoms in total. The highest BCUT2D eigenvalue weighted by molar-refractivity contribution is 8.00. The van der Waals surface area contributed by atoms with Gasteiger partial charge in [0, 0.05) is 35.7 Å². The van der Waals surface area contributed by atoms with Gasteiger partial charge in [0.25, 0.3) is 0 Å². The van der Waals surface area contributed by atoms with E-state index in [2.05, 4.69) is 31.7 Å². The van der Waals surface area contributed by atoms with Crippen LogP contribution in [0.25, 0.3) is 5.82 Å². The molecule has 2 aliphatic rings. The number of nitrogen functional groups attached to an aromatic ring is 1. The van der Waals surface area contributed by atoms with E-state index in [-0.39, 0.29) is 0 Å². The van der Waals surface area contributed by atoms with Crippen molar-refractivity contribution in [1.82, 2.24) is 19.7 Å². The van der Waals surface area contributed by atoms with Crippen molar-refractivity contribution in [2.24, 2.45) is 0 Å². The summed E-state index contributed by atoms with van der Waals surface area (Å²) >= 11 is 2.17. The molecule has 1 saturated heterocycles. The number of rotatable bonds is 2. The van der Waals surface area contributed by atoms with E-state index >= 15 is 0 Å². The first kappa shape index (κ1) is 15.7. The van der Waals surface area contributed by atoms with Crippen LogP contribution in [-0.2, 0) is 0 Å². The molecule has 7 heteroatoms. The van der Waals surface area contributed by atoms with Crippen LogP contribution in [-0.4, -0.2) is 43.3 Å². The zero-order valence-electron chi connectivity index (χ0n) is 14.1. The van der Waals surface area contributed by atoms with Crippen molar-refractivity contribution >= 4 is 23.4 Å². The lowest BCUT2D eigenvalue weighted by Gasteiger charge is -2.45. The summed E-state index contributed by atoms with van der Waals surface area (Å²) in [5.41, 5.74) is 6.93. The largest absolute Gasteiger partial charge is 0.384 e. The summed E-state index contributed by atoms with van der Waals surface area (Å²) in [5, 5.41) is 4.43. The van der Waals surface area contributed by atoms with E-state index in [0.717, 1.165) is 30.4 Å². The fourth-order valence-electron chi connectivity index (χ4n) is 3.87. The van der Waals surface area contributed by atoms with Gasteiger partial charge in [-0.1, -0.05) is 19.3 Å². The molecule has 3 heterocycles. The molecule has 2 aromatic heterocycles. The fourth-order valence-corrected chi connectivity index (χ4v) is 5.44. The van der Waals surface area contributed by atoms with E-state index < -0.39 is 0 Å². The Bertz CT molecular complexity index is 716. The van der Waals surface area contributed by atoms with E-state index in [1.807, 2.05) is 19.1 Å². The number of nitrogens with zero attached hydrogens (tertiary/aromatic N) is 5. The molecule has 4 rings (SSSR count). The van der Waals surface area contributed by atoms with Gasteiger partial charge in [0.1, 0.15) is 18.0 Å². The third-order valence-electron chi connectivity index (χ3n) is 5.05. The number of hydrogen-bond donors (Lipinski definition) is 1. The first-order valence-corrected chi connectivity index (χ1v) is 9.67. The average Bonchev–Trinajstić information content (AvgIpc) is 2.94. The van der Waals surface area contributed by atoms with Crippen LogP contribution in [0.2, 0.25) is 0 Å². The maximum atomic E-state index is 6.04. The molecular weight excluding hydrogens is 320 g/mol. The Morgan fingerprint density at radius 3 is 2.67 bits per heavy atom. The van der Waals surface area contributed by atoms with E-state index in [1.54, 1.807) is 11.0 Å². The standard InChI is InChI=1S/C17H24N6S/c1-13-9-14(18)23(21-13)16-10-15(19-12-20-16)22-7-8-24-17(11-22)5-3-2-4-6-17/h9-10,12H,2-8,11,18H2,1H3. The molecule has 2 fully saturated rings. The molecule has 0 atom stereocenters. The number of anilines is 2. The summed E-state index contributed by atoms with van der Waals surface area (Å²) in [6.45, 7) is 4.06. The second-order valence-corrected chi connectivity index (χ2v) is 8.43. The van der Waals surface area contributed by atoms with Gasteiger partial charge in [-0.25, -0.2) is 9.97 Å². The van der Waals surface area contributed by atoms with E-state index in [4.69, 9.17) is 5.73 Å². The van der Waals surface area contributed by atoms with Crippen molar-refractivity contribution in [3.63, 3.8) is 0 Å². The van der Waals surface area contributed by atoms with Crippen LogP contribution in [0.3, 0.4) is 0 Å². The summed E-state index contributed by atoms with van der Waals surface area (Å²) in [6.07, 6.45) is 8.39. The lowest BCUT2D eigenvalue weighted by atomic mass is 9.87. The first-order chi connectivity index (χ1) is 11.7. The van der Waals surface area contributed by atoms with Gasteiger partial charge in [-0.05, 0) is 19.8 Å². The molecule has 128 valence electrons. The highest BCUT2D eigenvalue weighted by Gasteiger charge is 2.37. The van der Waals surface area contributed by atoms with Crippen LogP contribution in [0.15, 0.2) is 18.5 Å². The average molecular weight is 344 g/mol. The van der Waals surface area contributed by atoms with E-state index in [1.165, 1.54) is 37.9 Å². The van der Waals surface area contributed by atoms with Gasteiger partial charge in [-0.2, -0.15) is 21.5 Å². The predicted molar refractivity (Wildman–Crippen MR) is 98.8 cm³/mol. The van der Waals surface area contributed by atoms with Crippen molar-refractivity contribution in [2.45, 2.75) is 43.8 Å². The molecule has 0 amide bonds. The third kappa shape index (κ3) is 2.97. The highest BCUT2D eigenvalue weighted by atomic mass is 32.2. The predicted octanol–water partition coefficient (Wildman–Crippen LogP) is 2.81. The molecule has 0 radical (unpaired) electrons. The molecule has 1 spiro atoms. The second-order valence-electron chi connectivity index (χ2n) is 6.87. The minimum Gasteiger partial charge on any atom is -0.384 e. The molecule has 1 aliphatic carbocycles. The SMILES string of the molecule is Cc1cc(N)n(-c2cc(N3CCSC4(CCCCC4)C3)ncn2)n1. The van der Waals surface area contributed by atoms with Gasteiger partial charge in [-0.3, -0.25) is 0 Å². The molecule has 24 heavy (non-hydrogen) atoms. The summed E-state index contributed by atoms with van der Waals surface area (Å²) in [6, 6.07) is 3.87. The molecule has 0 bridgehead atoms. The number of aryl methyl sites for hydroxylation is 1.